The molecule has 2 unspecified atom stereocenters. The fraction of sp³-hybridized carbons (Fsp3) is 0.679. The number of aliphatic carboxylic acids is 1. The molecule has 248 valence electrons. The molecular weight excluding hydrogens is 642 g/mol. The van der Waals surface area contributed by atoms with Crippen molar-refractivity contribution in [2.45, 2.75) is 45.2 Å². The summed E-state index contributed by atoms with van der Waals surface area (Å²) in [4.78, 5) is 32.8. The molecule has 1 aliphatic heterocycles. The van der Waals surface area contributed by atoms with Crippen molar-refractivity contribution in [1.29, 1.82) is 0 Å². The Labute approximate surface area is 277 Å². The number of nitrogens with zero attached hydrogens (tertiary/aromatic N) is 4. The van der Waals surface area contributed by atoms with Gasteiger partial charge in [0.2, 0.25) is 5.91 Å². The Morgan fingerprint density at radius 2 is 1.79 bits per heavy atom. The van der Waals surface area contributed by atoms with Crippen LogP contribution in [0.3, 0.4) is 0 Å². The van der Waals surface area contributed by atoms with Crippen LogP contribution in [0, 0.1) is 5.92 Å². The largest absolute Gasteiger partial charge is 0.480 e. The number of anilines is 1. The zero-order valence-corrected chi connectivity index (χ0v) is 28.4. The maximum absolute atomic E-state index is 12.4. The van der Waals surface area contributed by atoms with Gasteiger partial charge in [0, 0.05) is 63.6 Å². The second kappa shape index (κ2) is 22.0. The van der Waals surface area contributed by atoms with Crippen molar-refractivity contribution < 1.29 is 24.5 Å². The zero-order valence-electron chi connectivity index (χ0n) is 25.2. The van der Waals surface area contributed by atoms with Gasteiger partial charge in [0.1, 0.15) is 11.9 Å². The average molecular weight is 691 g/mol. The number of morpholine rings is 1. The monoisotopic (exact) mass is 688 g/mol. The number of halogens is 4. The molecule has 1 aliphatic rings. The number of rotatable bonds is 15. The van der Waals surface area contributed by atoms with Crippen LogP contribution in [0.5, 0.6) is 0 Å². The molecule has 1 saturated heterocycles. The van der Waals surface area contributed by atoms with E-state index >= 15 is 0 Å². The number of hydrogen-bond acceptors (Lipinski definition) is 8. The highest BCUT2D eigenvalue weighted by molar-refractivity contribution is 6.18. The van der Waals surface area contributed by atoms with Crippen molar-refractivity contribution in [2.75, 3.05) is 69.2 Å². The second-order valence-electron chi connectivity index (χ2n) is 10.5. The van der Waals surface area contributed by atoms with E-state index in [4.69, 9.17) is 43.8 Å². The van der Waals surface area contributed by atoms with Crippen molar-refractivity contribution in [1.82, 2.24) is 19.8 Å². The first-order valence-corrected chi connectivity index (χ1v) is 15.2. The number of fused-ring (bicyclic) bond motifs is 1. The molecule has 0 aliphatic carbocycles. The number of carboxylic acid groups (broad SMARTS) is 1. The number of carbonyl (C=O) groups excluding carboxylic acids is 1. The van der Waals surface area contributed by atoms with E-state index in [2.05, 4.69) is 15.1 Å². The molecule has 0 saturated carbocycles. The molecule has 1 aromatic carbocycles. The summed E-state index contributed by atoms with van der Waals surface area (Å²) in [5.74, 6) is 0.436. The maximum atomic E-state index is 12.4. The van der Waals surface area contributed by atoms with Gasteiger partial charge < -0.3 is 35.5 Å². The van der Waals surface area contributed by atoms with Gasteiger partial charge >= 0.3 is 5.97 Å². The molecule has 43 heavy (non-hydrogen) atoms. The lowest BCUT2D eigenvalue weighted by molar-refractivity contribution is -0.142. The van der Waals surface area contributed by atoms with E-state index in [-0.39, 0.29) is 37.3 Å². The SMILES string of the molecule is CC(C)CC(NC(=O)C(N)CCc1nc2cc(N(CCCl)CCCl)ccc2n1C)C(=O)O.Cl.Cl.OCCN1CCOCC1. The number of hydrogen-bond donors (Lipinski definition) is 4. The minimum absolute atomic E-state index is 0. The van der Waals surface area contributed by atoms with Gasteiger partial charge in [-0.15, -0.1) is 48.0 Å². The van der Waals surface area contributed by atoms with Crippen molar-refractivity contribution in [3.05, 3.63) is 24.0 Å². The Bertz CT molecular complexity index is 1080. The van der Waals surface area contributed by atoms with Crippen LogP contribution < -0.4 is 16.0 Å². The Balaban J connectivity index is 0.00000137. The van der Waals surface area contributed by atoms with Crippen LogP contribution in [0.25, 0.3) is 11.0 Å². The van der Waals surface area contributed by atoms with Crippen LogP contribution in [0.2, 0.25) is 0 Å². The van der Waals surface area contributed by atoms with Gasteiger partial charge in [-0.1, -0.05) is 13.8 Å². The summed E-state index contributed by atoms with van der Waals surface area (Å²) < 4.78 is 7.10. The van der Waals surface area contributed by atoms with E-state index in [0.717, 1.165) is 55.4 Å². The van der Waals surface area contributed by atoms with E-state index < -0.39 is 24.0 Å². The average Bonchev–Trinajstić information content (AvgIpc) is 3.26. The van der Waals surface area contributed by atoms with Gasteiger partial charge in [-0.25, -0.2) is 9.78 Å². The van der Waals surface area contributed by atoms with Crippen LogP contribution in [-0.4, -0.2) is 113 Å². The van der Waals surface area contributed by atoms with Crippen molar-refractivity contribution in [2.24, 2.45) is 18.7 Å². The maximum Gasteiger partial charge on any atom is 0.326 e. The number of carboxylic acids is 1. The number of aromatic nitrogens is 2. The number of nitrogens with one attached hydrogen (secondary N) is 1. The van der Waals surface area contributed by atoms with Gasteiger partial charge in [-0.05, 0) is 37.0 Å². The number of benzene rings is 1. The summed E-state index contributed by atoms with van der Waals surface area (Å²) in [6.45, 7) is 9.84. The van der Waals surface area contributed by atoms with Crippen LogP contribution in [0.4, 0.5) is 5.69 Å². The number of aliphatic hydroxyl groups excluding tert-OH is 1. The summed E-state index contributed by atoms with van der Waals surface area (Å²) >= 11 is 11.8. The summed E-state index contributed by atoms with van der Waals surface area (Å²) in [5, 5.41) is 20.4. The number of amides is 1. The Kier molecular flexibility index (Phi) is 21.2. The third kappa shape index (κ3) is 13.9. The standard InChI is InChI=1S/C22H33Cl2N5O3.C6H13NO2.2ClH/c1-14(2)12-18(22(31)32)27-21(30)16(25)5-7-20-26-17-13-15(4-6-19(17)28(20)3)29(10-8-23)11-9-24;8-4-1-7-2-5-9-6-3-7;;/h4,6,13-14,16,18H,5,7-12,25H2,1-3H3,(H,27,30)(H,31,32);8H,1-6H2;2*1H. The summed E-state index contributed by atoms with van der Waals surface area (Å²) in [6, 6.07) is 4.28. The van der Waals surface area contributed by atoms with E-state index in [1.54, 1.807) is 0 Å². The zero-order chi connectivity index (χ0) is 30.4. The Morgan fingerprint density at radius 1 is 1.16 bits per heavy atom. The molecule has 2 heterocycles. The number of β-amino-alcohol motifs (C(OH)–C–C–N with tert-alkyl or cyclic N) is 1. The van der Waals surface area contributed by atoms with Crippen LogP contribution in [-0.2, 0) is 27.8 Å². The van der Waals surface area contributed by atoms with Gasteiger partial charge in [0.05, 0.1) is 36.9 Å². The van der Waals surface area contributed by atoms with Crippen LogP contribution in [0.1, 0.15) is 32.5 Å². The number of nitrogens with two attached hydrogens (primary N) is 1. The van der Waals surface area contributed by atoms with E-state index in [1.165, 1.54) is 0 Å². The van der Waals surface area contributed by atoms with Gasteiger partial charge in [0.25, 0.3) is 0 Å². The van der Waals surface area contributed by atoms with Gasteiger partial charge in [0.15, 0.2) is 0 Å². The number of imidazole rings is 1. The molecule has 15 heteroatoms. The second-order valence-corrected chi connectivity index (χ2v) is 11.2. The summed E-state index contributed by atoms with van der Waals surface area (Å²) in [5.41, 5.74) is 8.87. The molecule has 2 aromatic rings. The lowest BCUT2D eigenvalue weighted by Gasteiger charge is -2.25. The molecule has 5 N–H and O–H groups in total. The highest BCUT2D eigenvalue weighted by Gasteiger charge is 2.24. The molecule has 0 radical (unpaired) electrons. The molecule has 11 nitrogen and oxygen atoms in total. The Hall–Kier alpha value is -1.57. The minimum atomic E-state index is -1.05. The number of alkyl halides is 2. The van der Waals surface area contributed by atoms with E-state index in [0.29, 0.717) is 44.1 Å². The number of carbonyl (C=O) groups is 2. The van der Waals surface area contributed by atoms with Gasteiger partial charge in [-0.3, -0.25) is 9.69 Å². The predicted octanol–water partition coefficient (Wildman–Crippen LogP) is 2.89. The van der Waals surface area contributed by atoms with Crippen molar-refractivity contribution >= 4 is 76.6 Å². The topological polar surface area (TPSA) is 146 Å². The number of aliphatic hydroxyl groups is 1. The van der Waals surface area contributed by atoms with E-state index in [9.17, 15) is 14.7 Å². The number of ether oxygens (including phenoxy) is 1. The smallest absolute Gasteiger partial charge is 0.326 e. The Morgan fingerprint density at radius 3 is 2.33 bits per heavy atom. The summed E-state index contributed by atoms with van der Waals surface area (Å²) in [7, 11) is 1.92. The first-order valence-electron chi connectivity index (χ1n) is 14.1. The number of aryl methyl sites for hydroxylation is 2. The van der Waals surface area contributed by atoms with Crippen molar-refractivity contribution in [3.8, 4) is 0 Å². The molecule has 2 atom stereocenters. The first kappa shape index (κ1) is 41.4. The third-order valence-corrected chi connectivity index (χ3v) is 7.23. The highest BCUT2D eigenvalue weighted by Crippen LogP contribution is 2.23. The molecule has 0 spiro atoms. The van der Waals surface area contributed by atoms with Crippen LogP contribution >= 0.6 is 48.0 Å². The predicted molar refractivity (Wildman–Crippen MR) is 179 cm³/mol. The lowest BCUT2D eigenvalue weighted by atomic mass is 10.0. The fourth-order valence-corrected chi connectivity index (χ4v) is 4.99. The fourth-order valence-electron chi connectivity index (χ4n) is 4.59. The highest BCUT2D eigenvalue weighted by atomic mass is 35.5. The molecule has 0 bridgehead atoms. The molecule has 3 rings (SSSR count). The molecular formula is C28H48Cl4N6O5. The normalized spacial score (nSPS) is 14.6. The van der Waals surface area contributed by atoms with Crippen LogP contribution in [0.15, 0.2) is 18.2 Å². The molecule has 1 fully saturated rings. The molecule has 1 aromatic heterocycles. The quantitative estimate of drug-likeness (QED) is 0.207. The minimum Gasteiger partial charge on any atom is -0.480 e. The molecule has 1 amide bonds. The summed E-state index contributed by atoms with van der Waals surface area (Å²) in [6.07, 6.45) is 1.20. The lowest BCUT2D eigenvalue weighted by Crippen LogP contribution is -2.49. The van der Waals surface area contributed by atoms with E-state index in [1.807, 2.05) is 43.7 Å². The van der Waals surface area contributed by atoms with Gasteiger partial charge in [-0.2, -0.15) is 0 Å². The first-order chi connectivity index (χ1) is 19.6. The third-order valence-electron chi connectivity index (χ3n) is 6.89. The van der Waals surface area contributed by atoms with Crippen molar-refractivity contribution in [3.63, 3.8) is 0 Å².